The molecular weight excluding hydrogens is 586 g/mol. The molecule has 17 heteroatoms. The Bertz CT molecular complexity index is 1320. The highest BCUT2D eigenvalue weighted by Crippen LogP contribution is 2.45. The minimum atomic E-state index is -4.64. The van der Waals surface area contributed by atoms with Crippen LogP contribution >= 0.6 is 11.8 Å². The van der Waals surface area contributed by atoms with E-state index in [9.17, 15) is 32.4 Å². The number of esters is 2. The van der Waals surface area contributed by atoms with E-state index in [1.54, 1.807) is 13.0 Å². The van der Waals surface area contributed by atoms with Crippen LogP contribution in [0.1, 0.15) is 20.3 Å². The number of oxime groups is 1. The normalized spacial score (nSPS) is 22.2. The number of ketones is 1. The molecular formula is C24H29N3O12S2. The average molecular weight is 616 g/mol. The lowest BCUT2D eigenvalue weighted by molar-refractivity contribution is -0.192. The number of hydrogen-bond acceptors (Lipinski definition) is 14. The third kappa shape index (κ3) is 6.86. The Labute approximate surface area is 240 Å². The van der Waals surface area contributed by atoms with E-state index in [4.69, 9.17) is 18.5 Å². The van der Waals surface area contributed by atoms with Crippen LogP contribution in [0.3, 0.4) is 0 Å². The number of β-lactam (4-membered cyclic amide) rings is 1. The summed E-state index contributed by atoms with van der Waals surface area (Å²) in [6.07, 6.45) is 0.0830. The van der Waals surface area contributed by atoms with Gasteiger partial charge in [0.2, 0.25) is 12.5 Å². The topological polar surface area (TPSA) is 184 Å². The summed E-state index contributed by atoms with van der Waals surface area (Å²) in [6.45, 7) is 1.59. The average Bonchev–Trinajstić information content (AvgIpc) is 2.95. The third-order valence-corrected chi connectivity index (χ3v) is 8.83. The number of nitrogens with zero attached hydrogens (tertiary/aromatic N) is 3. The number of methoxy groups -OCH3 is 1. The number of fused-ring (bicyclic) bond motifs is 1. The van der Waals surface area contributed by atoms with E-state index in [2.05, 4.69) is 9.99 Å². The van der Waals surface area contributed by atoms with Gasteiger partial charge in [0, 0.05) is 32.8 Å². The van der Waals surface area contributed by atoms with Gasteiger partial charge in [0.25, 0.3) is 5.91 Å². The van der Waals surface area contributed by atoms with Crippen LogP contribution in [0.25, 0.3) is 0 Å². The molecule has 0 spiro atoms. The van der Waals surface area contributed by atoms with Crippen molar-refractivity contribution in [3.63, 3.8) is 0 Å². The molecule has 1 aromatic carbocycles. The van der Waals surface area contributed by atoms with Crippen molar-refractivity contribution in [3.05, 3.63) is 30.3 Å². The number of thioether (sulfide) groups is 1. The van der Waals surface area contributed by atoms with Gasteiger partial charge in [-0.05, 0) is 12.1 Å². The predicted octanol–water partition coefficient (Wildman–Crippen LogP) is 0.0973. The van der Waals surface area contributed by atoms with Gasteiger partial charge >= 0.3 is 28.0 Å². The van der Waals surface area contributed by atoms with Crippen molar-refractivity contribution in [1.82, 2.24) is 9.96 Å². The molecule has 3 rings (SSSR count). The van der Waals surface area contributed by atoms with Crippen LogP contribution in [0.4, 0.5) is 0 Å². The molecule has 0 aromatic heterocycles. The van der Waals surface area contributed by atoms with E-state index in [0.29, 0.717) is 5.06 Å². The molecule has 3 atom stereocenters. The van der Waals surface area contributed by atoms with Crippen molar-refractivity contribution in [2.45, 2.75) is 36.6 Å². The standard InChI is InChI=1S/C24H29N3O12S2/c1-5-17(29)37-14-38-23(32)24(12-35-3)11-26-21(31)19(22(26)40-13-24)27(20(30)18(15(2)28)25-36-4)39-41(33,34)16-9-7-6-8-10-16/h6-10,19,22H,5,11-14H2,1-4H3/t19?,22-,24?/m1/s1. The quantitative estimate of drug-likeness (QED) is 0.0727. The summed E-state index contributed by atoms with van der Waals surface area (Å²) in [5.41, 5.74) is -2.16. The summed E-state index contributed by atoms with van der Waals surface area (Å²) in [5.74, 6) is -4.30. The summed E-state index contributed by atoms with van der Waals surface area (Å²) >= 11 is 1.04. The van der Waals surface area contributed by atoms with E-state index in [1.807, 2.05) is 0 Å². The van der Waals surface area contributed by atoms with Gasteiger partial charge in [-0.15, -0.1) is 16.0 Å². The number of hydrogen-bond donors (Lipinski definition) is 0. The summed E-state index contributed by atoms with van der Waals surface area (Å²) < 4.78 is 46.4. The van der Waals surface area contributed by atoms with E-state index < -0.39 is 69.0 Å². The first-order valence-electron chi connectivity index (χ1n) is 12.1. The Kier molecular flexibility index (Phi) is 10.5. The first-order valence-corrected chi connectivity index (χ1v) is 14.6. The van der Waals surface area contributed by atoms with Crippen LogP contribution in [-0.2, 0) is 57.4 Å². The zero-order valence-corrected chi connectivity index (χ0v) is 24.3. The molecule has 2 saturated heterocycles. The molecule has 0 radical (unpaired) electrons. The molecule has 0 bridgehead atoms. The molecule has 41 heavy (non-hydrogen) atoms. The smallest absolute Gasteiger partial charge is 0.319 e. The van der Waals surface area contributed by atoms with Gasteiger partial charge in [-0.1, -0.05) is 30.3 Å². The maximum Gasteiger partial charge on any atom is 0.319 e. The molecule has 224 valence electrons. The molecule has 2 aliphatic heterocycles. The van der Waals surface area contributed by atoms with Crippen molar-refractivity contribution >= 4 is 57.1 Å². The Morgan fingerprint density at radius 3 is 2.41 bits per heavy atom. The molecule has 0 saturated carbocycles. The van der Waals surface area contributed by atoms with Crippen LogP contribution in [0.2, 0.25) is 0 Å². The van der Waals surface area contributed by atoms with Gasteiger partial charge in [0.1, 0.15) is 17.9 Å². The second kappa shape index (κ2) is 13.4. The number of hydroxylamine groups is 2. The third-order valence-electron chi connectivity index (χ3n) is 6.05. The lowest BCUT2D eigenvalue weighted by atomic mass is 9.88. The maximum atomic E-state index is 13.4. The van der Waals surface area contributed by atoms with E-state index in [1.165, 1.54) is 36.3 Å². The van der Waals surface area contributed by atoms with Crippen molar-refractivity contribution in [2.24, 2.45) is 10.6 Å². The fraction of sp³-hybridized carbons (Fsp3) is 0.500. The zero-order chi connectivity index (χ0) is 30.4. The van der Waals surface area contributed by atoms with Gasteiger partial charge in [-0.2, -0.15) is 13.5 Å². The summed E-state index contributed by atoms with van der Waals surface area (Å²) in [7, 11) is -2.21. The van der Waals surface area contributed by atoms with E-state index in [0.717, 1.165) is 25.8 Å². The highest BCUT2D eigenvalue weighted by Gasteiger charge is 2.61. The molecule has 1 aromatic rings. The first-order chi connectivity index (χ1) is 19.4. The fourth-order valence-corrected chi connectivity index (χ4v) is 6.53. The second-order valence-electron chi connectivity index (χ2n) is 8.90. The molecule has 2 unspecified atom stereocenters. The molecule has 2 fully saturated rings. The summed E-state index contributed by atoms with van der Waals surface area (Å²) in [5, 5.41) is 2.81. The zero-order valence-electron chi connectivity index (χ0n) is 22.6. The van der Waals surface area contributed by atoms with Gasteiger partial charge in [0.05, 0.1) is 11.5 Å². The number of Topliss-reactive ketones (excluding diaryl/α,β-unsaturated/α-hetero) is 1. The summed E-state index contributed by atoms with van der Waals surface area (Å²) in [6, 6.07) is 5.37. The molecule has 15 nitrogen and oxygen atoms in total. The number of rotatable bonds is 13. The number of ether oxygens (including phenoxy) is 3. The Hall–Kier alpha value is -3.54. The Morgan fingerprint density at radius 1 is 1.15 bits per heavy atom. The van der Waals surface area contributed by atoms with Gasteiger partial charge < -0.3 is 23.9 Å². The van der Waals surface area contributed by atoms with Crippen molar-refractivity contribution in [3.8, 4) is 0 Å². The number of carbonyl (C=O) groups excluding carboxylic acids is 5. The fourth-order valence-electron chi connectivity index (χ4n) is 4.03. The van der Waals surface area contributed by atoms with Crippen LogP contribution in [0.15, 0.2) is 40.4 Å². The molecule has 2 heterocycles. The molecule has 2 aliphatic rings. The lowest BCUT2D eigenvalue weighted by Crippen LogP contribution is -2.75. The summed E-state index contributed by atoms with van der Waals surface area (Å²) in [4.78, 5) is 68.7. The predicted molar refractivity (Wildman–Crippen MR) is 140 cm³/mol. The van der Waals surface area contributed by atoms with Crippen LogP contribution < -0.4 is 0 Å². The monoisotopic (exact) mass is 615 g/mol. The minimum absolute atomic E-state index is 0.0194. The molecule has 0 aliphatic carbocycles. The number of benzene rings is 1. The number of carbonyl (C=O) groups is 5. The van der Waals surface area contributed by atoms with E-state index >= 15 is 0 Å². The van der Waals surface area contributed by atoms with Crippen molar-refractivity contribution in [1.29, 1.82) is 0 Å². The van der Waals surface area contributed by atoms with Crippen molar-refractivity contribution in [2.75, 3.05) is 39.9 Å². The number of amides is 2. The Morgan fingerprint density at radius 2 is 1.83 bits per heavy atom. The largest absolute Gasteiger partial charge is 0.428 e. The highest BCUT2D eigenvalue weighted by atomic mass is 32.2. The maximum absolute atomic E-state index is 13.4. The van der Waals surface area contributed by atoms with Gasteiger partial charge in [-0.3, -0.25) is 24.0 Å². The van der Waals surface area contributed by atoms with Gasteiger partial charge in [-0.25, -0.2) is 0 Å². The van der Waals surface area contributed by atoms with Crippen LogP contribution in [0, 0.1) is 5.41 Å². The molecule has 0 N–H and O–H groups in total. The van der Waals surface area contributed by atoms with Gasteiger partial charge in [0.15, 0.2) is 11.8 Å². The molecule has 2 amide bonds. The van der Waals surface area contributed by atoms with E-state index in [-0.39, 0.29) is 30.2 Å². The minimum Gasteiger partial charge on any atom is -0.428 e. The first kappa shape index (κ1) is 32.0. The Balaban J connectivity index is 1.89. The second-order valence-corrected chi connectivity index (χ2v) is 11.5. The van der Waals surface area contributed by atoms with Crippen LogP contribution in [-0.4, -0.2) is 105 Å². The highest BCUT2D eigenvalue weighted by molar-refractivity contribution is 8.00. The lowest BCUT2D eigenvalue weighted by Gasteiger charge is -2.55. The van der Waals surface area contributed by atoms with Crippen molar-refractivity contribution < 1.29 is 55.7 Å². The SMILES string of the molecule is CCC(=O)OCOC(=O)C1(COC)CS[C@@H]2C(N(OS(=O)(=O)c3ccccc3)C(=O)C(=NOC)C(C)=O)C(=O)N2C1. The van der Waals surface area contributed by atoms with Crippen LogP contribution in [0.5, 0.6) is 0 Å².